The van der Waals surface area contributed by atoms with Crippen molar-refractivity contribution < 1.29 is 9.72 Å². The zero-order valence-corrected chi connectivity index (χ0v) is 12.8. The minimum Gasteiger partial charge on any atom is -0.368 e. The highest BCUT2D eigenvalue weighted by Gasteiger charge is 2.24. The molecule has 2 aromatic heterocycles. The molecule has 0 aromatic carbocycles. The molecule has 0 spiro atoms. The first-order valence-corrected chi connectivity index (χ1v) is 7.32. The van der Waals surface area contributed by atoms with Crippen LogP contribution in [0.15, 0.2) is 36.7 Å². The summed E-state index contributed by atoms with van der Waals surface area (Å²) in [6.45, 7) is 2.44. The van der Waals surface area contributed by atoms with Gasteiger partial charge in [-0.25, -0.2) is 0 Å². The first-order valence-electron chi connectivity index (χ1n) is 7.32. The first-order chi connectivity index (χ1) is 11.1. The Morgan fingerprint density at radius 3 is 2.61 bits per heavy atom. The van der Waals surface area contributed by atoms with Gasteiger partial charge in [0, 0.05) is 51.2 Å². The van der Waals surface area contributed by atoms with Crippen molar-refractivity contribution in [1.82, 2.24) is 14.5 Å². The maximum Gasteiger partial charge on any atom is 0.365 e. The Balaban J connectivity index is 1.67. The van der Waals surface area contributed by atoms with Crippen molar-refractivity contribution in [1.29, 1.82) is 0 Å². The van der Waals surface area contributed by atoms with Crippen LogP contribution in [0.5, 0.6) is 0 Å². The van der Waals surface area contributed by atoms with Crippen LogP contribution in [0, 0.1) is 10.1 Å². The molecule has 1 amide bonds. The van der Waals surface area contributed by atoms with Crippen molar-refractivity contribution >= 4 is 17.4 Å². The lowest BCUT2D eigenvalue weighted by atomic mass is 10.2. The predicted octanol–water partition coefficient (Wildman–Crippen LogP) is 1.29. The van der Waals surface area contributed by atoms with Crippen molar-refractivity contribution in [3.05, 3.63) is 52.5 Å². The van der Waals surface area contributed by atoms with E-state index in [0.717, 1.165) is 5.69 Å². The SMILES string of the molecule is Cn1cccc1C(=O)N1CCN(c2ccnc([N+](=O)[O-])c2)CC1. The maximum absolute atomic E-state index is 12.5. The molecule has 0 aliphatic carbocycles. The summed E-state index contributed by atoms with van der Waals surface area (Å²) in [5, 5.41) is 10.8. The average molecular weight is 315 g/mol. The molecule has 3 heterocycles. The highest BCUT2D eigenvalue weighted by molar-refractivity contribution is 5.92. The van der Waals surface area contributed by atoms with E-state index in [0.29, 0.717) is 31.9 Å². The van der Waals surface area contributed by atoms with Crippen LogP contribution in [0.1, 0.15) is 10.5 Å². The van der Waals surface area contributed by atoms with Crippen LogP contribution in [-0.4, -0.2) is 51.5 Å². The van der Waals surface area contributed by atoms with Crippen molar-refractivity contribution in [3.63, 3.8) is 0 Å². The summed E-state index contributed by atoms with van der Waals surface area (Å²) in [6.07, 6.45) is 3.29. The Labute approximate surface area is 133 Å². The molecule has 2 aromatic rings. The molecule has 0 atom stereocenters. The zero-order chi connectivity index (χ0) is 16.4. The van der Waals surface area contributed by atoms with Gasteiger partial charge in [0.25, 0.3) is 5.91 Å². The van der Waals surface area contributed by atoms with Crippen LogP contribution in [0.25, 0.3) is 0 Å². The minimum absolute atomic E-state index is 0.0119. The number of hydrogen-bond acceptors (Lipinski definition) is 5. The summed E-state index contributed by atoms with van der Waals surface area (Å²) < 4.78 is 1.81. The second kappa shape index (κ2) is 6.07. The van der Waals surface area contributed by atoms with E-state index in [9.17, 15) is 14.9 Å². The van der Waals surface area contributed by atoms with E-state index >= 15 is 0 Å². The molecule has 0 radical (unpaired) electrons. The predicted molar refractivity (Wildman–Crippen MR) is 84.4 cm³/mol. The molecule has 8 heteroatoms. The molecule has 0 unspecified atom stereocenters. The fraction of sp³-hybridized carbons (Fsp3) is 0.333. The summed E-state index contributed by atoms with van der Waals surface area (Å²) in [5.74, 6) is -0.150. The quantitative estimate of drug-likeness (QED) is 0.629. The average Bonchev–Trinajstić information content (AvgIpc) is 3.00. The molecular formula is C15H17N5O3. The van der Waals surface area contributed by atoms with Crippen LogP contribution in [0.4, 0.5) is 11.5 Å². The number of nitrogens with zero attached hydrogens (tertiary/aromatic N) is 5. The van der Waals surface area contributed by atoms with Gasteiger partial charge in [-0.3, -0.25) is 4.79 Å². The molecule has 1 fully saturated rings. The highest BCUT2D eigenvalue weighted by atomic mass is 16.6. The fourth-order valence-electron chi connectivity index (χ4n) is 2.72. The molecule has 0 saturated carbocycles. The molecule has 8 nitrogen and oxygen atoms in total. The minimum atomic E-state index is -0.501. The van der Waals surface area contributed by atoms with Crippen LogP contribution in [-0.2, 0) is 7.05 Å². The van der Waals surface area contributed by atoms with Gasteiger partial charge in [-0.05, 0) is 22.0 Å². The molecule has 1 aliphatic rings. The van der Waals surface area contributed by atoms with Crippen LogP contribution >= 0.6 is 0 Å². The number of pyridine rings is 1. The second-order valence-electron chi connectivity index (χ2n) is 5.41. The van der Waals surface area contributed by atoms with Crippen molar-refractivity contribution in [2.24, 2.45) is 7.05 Å². The third kappa shape index (κ3) is 3.01. The molecule has 23 heavy (non-hydrogen) atoms. The number of nitro groups is 1. The topological polar surface area (TPSA) is 84.5 Å². The Bertz CT molecular complexity index is 734. The zero-order valence-electron chi connectivity index (χ0n) is 12.8. The molecular weight excluding hydrogens is 298 g/mol. The number of hydrogen-bond donors (Lipinski definition) is 0. The maximum atomic E-state index is 12.5. The van der Waals surface area contributed by atoms with Gasteiger partial charge in [-0.1, -0.05) is 0 Å². The van der Waals surface area contributed by atoms with Crippen LogP contribution in [0.2, 0.25) is 0 Å². The summed E-state index contributed by atoms with van der Waals surface area (Å²) >= 11 is 0. The first kappa shape index (κ1) is 15.0. The Hall–Kier alpha value is -2.90. The van der Waals surface area contributed by atoms with E-state index in [1.165, 1.54) is 12.3 Å². The molecule has 0 N–H and O–H groups in total. The van der Waals surface area contributed by atoms with Crippen molar-refractivity contribution in [2.45, 2.75) is 0 Å². The molecule has 3 rings (SSSR count). The largest absolute Gasteiger partial charge is 0.368 e. The smallest absolute Gasteiger partial charge is 0.365 e. The van der Waals surface area contributed by atoms with Gasteiger partial charge in [0.05, 0.1) is 6.07 Å². The highest BCUT2D eigenvalue weighted by Crippen LogP contribution is 2.20. The van der Waals surface area contributed by atoms with Crippen LogP contribution in [0.3, 0.4) is 0 Å². The summed E-state index contributed by atoms with van der Waals surface area (Å²) in [7, 11) is 1.85. The van der Waals surface area contributed by atoms with E-state index in [-0.39, 0.29) is 11.7 Å². The Morgan fingerprint density at radius 1 is 1.26 bits per heavy atom. The summed E-state index contributed by atoms with van der Waals surface area (Å²) in [5.41, 5.74) is 1.43. The van der Waals surface area contributed by atoms with E-state index in [1.54, 1.807) is 21.6 Å². The van der Waals surface area contributed by atoms with Gasteiger partial charge < -0.3 is 24.5 Å². The standard InChI is InChI=1S/C15H17N5O3/c1-17-6-2-3-13(17)15(21)19-9-7-18(8-10-19)12-4-5-16-14(11-12)20(22)23/h2-6,11H,7-10H2,1H3. The second-order valence-corrected chi connectivity index (χ2v) is 5.41. The number of amides is 1. The van der Waals surface area contributed by atoms with E-state index in [4.69, 9.17) is 0 Å². The van der Waals surface area contributed by atoms with Gasteiger partial charge in [-0.2, -0.15) is 0 Å². The van der Waals surface area contributed by atoms with Crippen LogP contribution < -0.4 is 4.90 Å². The lowest BCUT2D eigenvalue weighted by Gasteiger charge is -2.35. The Morgan fingerprint density at radius 2 is 2.00 bits per heavy atom. The summed E-state index contributed by atoms with van der Waals surface area (Å²) in [6, 6.07) is 6.87. The third-order valence-corrected chi connectivity index (χ3v) is 4.01. The van der Waals surface area contributed by atoms with E-state index in [1.807, 2.05) is 24.2 Å². The molecule has 1 aliphatic heterocycles. The third-order valence-electron chi connectivity index (χ3n) is 4.01. The van der Waals surface area contributed by atoms with Gasteiger partial charge in [-0.15, -0.1) is 0 Å². The molecule has 0 bridgehead atoms. The lowest BCUT2D eigenvalue weighted by Crippen LogP contribution is -2.49. The van der Waals surface area contributed by atoms with Gasteiger partial charge in [0.2, 0.25) is 0 Å². The van der Waals surface area contributed by atoms with E-state index < -0.39 is 4.92 Å². The van der Waals surface area contributed by atoms with Crippen molar-refractivity contribution in [3.8, 4) is 0 Å². The molecule has 120 valence electrons. The lowest BCUT2D eigenvalue weighted by molar-refractivity contribution is -0.389. The van der Waals surface area contributed by atoms with Gasteiger partial charge in [0.1, 0.15) is 11.9 Å². The number of aromatic nitrogens is 2. The Kier molecular flexibility index (Phi) is 3.96. The number of aryl methyl sites for hydroxylation is 1. The number of rotatable bonds is 3. The number of carbonyl (C=O) groups is 1. The number of anilines is 1. The fourth-order valence-corrected chi connectivity index (χ4v) is 2.72. The van der Waals surface area contributed by atoms with Gasteiger partial charge >= 0.3 is 5.82 Å². The van der Waals surface area contributed by atoms with E-state index in [2.05, 4.69) is 4.98 Å². The monoisotopic (exact) mass is 315 g/mol. The number of carbonyl (C=O) groups excluding carboxylic acids is 1. The summed E-state index contributed by atoms with van der Waals surface area (Å²) in [4.78, 5) is 30.3. The normalized spacial score (nSPS) is 14.8. The van der Waals surface area contributed by atoms with Gasteiger partial charge in [0.15, 0.2) is 0 Å². The van der Waals surface area contributed by atoms with Crippen molar-refractivity contribution in [2.75, 3.05) is 31.1 Å². The molecule has 1 saturated heterocycles. The number of piperazine rings is 1.